The second-order valence-electron chi connectivity index (χ2n) is 8.03. The van der Waals surface area contributed by atoms with E-state index < -0.39 is 0 Å². The van der Waals surface area contributed by atoms with E-state index in [2.05, 4.69) is 36.2 Å². The summed E-state index contributed by atoms with van der Waals surface area (Å²) in [6.45, 7) is 7.55. The fourth-order valence-corrected chi connectivity index (χ4v) is 3.94. The first-order valence-electron chi connectivity index (χ1n) is 10.00. The van der Waals surface area contributed by atoms with Gasteiger partial charge in [0, 0.05) is 35.4 Å². The fourth-order valence-electron chi connectivity index (χ4n) is 3.81. The minimum atomic E-state index is 0.0116. The van der Waals surface area contributed by atoms with Gasteiger partial charge in [0.2, 0.25) is 0 Å². The highest BCUT2D eigenvalue weighted by atomic mass is 35.5. The number of halogens is 1. The Morgan fingerprint density at radius 3 is 2.62 bits per heavy atom. The molecule has 0 saturated carbocycles. The van der Waals surface area contributed by atoms with Crippen molar-refractivity contribution in [1.29, 1.82) is 0 Å². The summed E-state index contributed by atoms with van der Waals surface area (Å²) in [5.74, 6) is 0.539. The van der Waals surface area contributed by atoms with Crippen LogP contribution in [0.4, 0.5) is 0 Å². The summed E-state index contributed by atoms with van der Waals surface area (Å²) < 4.78 is 0. The highest BCUT2D eigenvalue weighted by Gasteiger charge is 2.30. The molecule has 3 aromatic rings. The van der Waals surface area contributed by atoms with Gasteiger partial charge >= 0.3 is 0 Å². The van der Waals surface area contributed by atoms with Crippen molar-refractivity contribution in [1.82, 2.24) is 20.1 Å². The van der Waals surface area contributed by atoms with Crippen molar-refractivity contribution in [3.63, 3.8) is 0 Å². The molecule has 1 atom stereocenters. The zero-order chi connectivity index (χ0) is 20.5. The molecule has 1 unspecified atom stereocenters. The number of aromatic amines is 1. The van der Waals surface area contributed by atoms with Crippen molar-refractivity contribution in [3.05, 3.63) is 70.3 Å². The zero-order valence-electron chi connectivity index (χ0n) is 16.9. The maximum absolute atomic E-state index is 12.9. The molecule has 2 aromatic heterocycles. The number of amides is 1. The largest absolute Gasteiger partial charge is 0.337 e. The first-order chi connectivity index (χ1) is 13.9. The quantitative estimate of drug-likeness (QED) is 0.646. The number of carbonyl (C=O) groups excluding carboxylic acids is 1. The maximum atomic E-state index is 12.9. The van der Waals surface area contributed by atoms with Crippen molar-refractivity contribution in [2.45, 2.75) is 39.0 Å². The van der Waals surface area contributed by atoms with Crippen LogP contribution < -0.4 is 0 Å². The molecule has 29 heavy (non-hydrogen) atoms. The summed E-state index contributed by atoms with van der Waals surface area (Å²) in [7, 11) is 0. The van der Waals surface area contributed by atoms with E-state index in [0.29, 0.717) is 18.2 Å². The number of hydrogen-bond donors (Lipinski definition) is 1. The molecule has 1 N–H and O–H groups in total. The van der Waals surface area contributed by atoms with Crippen LogP contribution in [0.3, 0.4) is 0 Å². The highest BCUT2D eigenvalue weighted by Crippen LogP contribution is 2.31. The van der Waals surface area contributed by atoms with Crippen LogP contribution in [-0.4, -0.2) is 39.1 Å². The topological polar surface area (TPSA) is 61.9 Å². The second-order valence-corrected chi connectivity index (χ2v) is 8.46. The molecular formula is C23H25ClN4O. The fraction of sp³-hybridized carbons (Fsp3) is 0.348. The molecule has 0 radical (unpaired) electrons. The predicted molar refractivity (Wildman–Crippen MR) is 115 cm³/mol. The van der Waals surface area contributed by atoms with Crippen molar-refractivity contribution in [2.75, 3.05) is 13.1 Å². The van der Waals surface area contributed by atoms with Crippen LogP contribution in [0.2, 0.25) is 5.02 Å². The third-order valence-corrected chi connectivity index (χ3v) is 5.72. The maximum Gasteiger partial charge on any atom is 0.271 e. The number of likely N-dealkylation sites (tertiary alicyclic amines) is 1. The molecule has 1 aromatic carbocycles. The first-order valence-corrected chi connectivity index (χ1v) is 10.4. The lowest BCUT2D eigenvalue weighted by Crippen LogP contribution is -2.28. The Balaban J connectivity index is 1.52. The van der Waals surface area contributed by atoms with E-state index in [0.717, 1.165) is 46.2 Å². The number of carbonyl (C=O) groups is 1. The molecule has 1 fully saturated rings. The van der Waals surface area contributed by atoms with Crippen molar-refractivity contribution in [3.8, 4) is 11.1 Å². The Hall–Kier alpha value is -2.66. The molecule has 3 heterocycles. The Labute approximate surface area is 176 Å². The van der Waals surface area contributed by atoms with Crippen LogP contribution in [0.1, 0.15) is 59.7 Å². The summed E-state index contributed by atoms with van der Waals surface area (Å²) in [6, 6.07) is 13.9. The van der Waals surface area contributed by atoms with E-state index in [1.165, 1.54) is 0 Å². The number of hydrogen-bond acceptors (Lipinski definition) is 3. The number of aryl methyl sites for hydroxylation is 1. The van der Waals surface area contributed by atoms with Gasteiger partial charge in [0.15, 0.2) is 0 Å². The van der Waals surface area contributed by atoms with Gasteiger partial charge in [-0.3, -0.25) is 14.9 Å². The number of aromatic nitrogens is 3. The van der Waals surface area contributed by atoms with Gasteiger partial charge in [-0.2, -0.15) is 5.10 Å². The lowest BCUT2D eigenvalue weighted by Gasteiger charge is -2.16. The standard InChI is InChI=1S/C23H25ClN4O/c1-14(2)20-12-22(27-26-20)23(29)28-9-8-17(13-28)21-11-18(10-15(3)25-21)16-4-6-19(24)7-5-16/h4-7,10-12,14,17H,8-9,13H2,1-3H3,(H,26,27). The third kappa shape index (κ3) is 4.20. The van der Waals surface area contributed by atoms with Crippen molar-refractivity contribution >= 4 is 17.5 Å². The minimum Gasteiger partial charge on any atom is -0.337 e. The summed E-state index contributed by atoms with van der Waals surface area (Å²) >= 11 is 6.02. The molecule has 4 rings (SSSR count). The lowest BCUT2D eigenvalue weighted by molar-refractivity contribution is 0.0785. The molecule has 1 saturated heterocycles. The summed E-state index contributed by atoms with van der Waals surface area (Å²) in [5, 5.41) is 7.88. The smallest absolute Gasteiger partial charge is 0.271 e. The van der Waals surface area contributed by atoms with E-state index in [1.54, 1.807) is 0 Å². The predicted octanol–water partition coefficient (Wildman–Crippen LogP) is 5.19. The van der Waals surface area contributed by atoms with E-state index in [9.17, 15) is 4.79 Å². The van der Waals surface area contributed by atoms with Crippen LogP contribution in [-0.2, 0) is 0 Å². The number of rotatable bonds is 4. The summed E-state index contributed by atoms with van der Waals surface area (Å²) in [5.41, 5.74) is 5.74. The van der Waals surface area contributed by atoms with Gasteiger partial charge in [-0.25, -0.2) is 0 Å². The van der Waals surface area contributed by atoms with Crippen LogP contribution in [0.25, 0.3) is 11.1 Å². The Bertz CT molecular complexity index is 1030. The van der Waals surface area contributed by atoms with E-state index in [-0.39, 0.29) is 11.8 Å². The zero-order valence-corrected chi connectivity index (χ0v) is 17.7. The molecule has 1 aliphatic rings. The molecule has 6 heteroatoms. The van der Waals surface area contributed by atoms with Gasteiger partial charge in [-0.1, -0.05) is 37.6 Å². The number of nitrogens with zero attached hydrogens (tertiary/aromatic N) is 3. The second kappa shape index (κ2) is 7.99. The SMILES string of the molecule is Cc1cc(-c2ccc(Cl)cc2)cc(C2CCN(C(=O)c3cc(C(C)C)n[nH]3)C2)n1. The van der Waals surface area contributed by atoms with Gasteiger partial charge in [0.05, 0.1) is 5.69 Å². The summed E-state index contributed by atoms with van der Waals surface area (Å²) in [4.78, 5) is 19.5. The van der Waals surface area contributed by atoms with Crippen LogP contribution in [0, 0.1) is 6.92 Å². The number of H-pyrrole nitrogens is 1. The monoisotopic (exact) mass is 408 g/mol. The molecule has 0 aliphatic carbocycles. The van der Waals surface area contributed by atoms with Crippen LogP contribution >= 0.6 is 11.6 Å². The minimum absolute atomic E-state index is 0.0116. The molecule has 150 valence electrons. The number of benzene rings is 1. The lowest BCUT2D eigenvalue weighted by atomic mass is 9.98. The number of nitrogens with one attached hydrogen (secondary N) is 1. The average Bonchev–Trinajstić information content (AvgIpc) is 3.38. The average molecular weight is 409 g/mol. The van der Waals surface area contributed by atoms with Crippen molar-refractivity contribution < 1.29 is 4.79 Å². The van der Waals surface area contributed by atoms with Gasteiger partial charge in [0.1, 0.15) is 5.69 Å². The van der Waals surface area contributed by atoms with Crippen molar-refractivity contribution in [2.24, 2.45) is 0 Å². The Morgan fingerprint density at radius 2 is 1.93 bits per heavy atom. The molecule has 1 aliphatic heterocycles. The highest BCUT2D eigenvalue weighted by molar-refractivity contribution is 6.30. The Kier molecular flexibility index (Phi) is 5.41. The van der Waals surface area contributed by atoms with Crippen LogP contribution in [0.15, 0.2) is 42.5 Å². The normalized spacial score (nSPS) is 16.6. The molecule has 0 bridgehead atoms. The third-order valence-electron chi connectivity index (χ3n) is 5.46. The molecule has 5 nitrogen and oxygen atoms in total. The van der Waals surface area contributed by atoms with Gasteiger partial charge < -0.3 is 4.90 Å². The van der Waals surface area contributed by atoms with Gasteiger partial charge in [-0.05, 0) is 60.7 Å². The van der Waals surface area contributed by atoms with E-state index in [4.69, 9.17) is 16.6 Å². The van der Waals surface area contributed by atoms with E-state index >= 15 is 0 Å². The first kappa shape index (κ1) is 19.6. The molecule has 0 spiro atoms. The van der Waals surface area contributed by atoms with Gasteiger partial charge in [0.25, 0.3) is 5.91 Å². The van der Waals surface area contributed by atoms with Crippen LogP contribution in [0.5, 0.6) is 0 Å². The molecule has 1 amide bonds. The van der Waals surface area contributed by atoms with E-state index in [1.807, 2.05) is 42.2 Å². The number of pyridine rings is 1. The molecular weight excluding hydrogens is 384 g/mol. The Morgan fingerprint density at radius 1 is 1.17 bits per heavy atom. The summed E-state index contributed by atoms with van der Waals surface area (Å²) in [6.07, 6.45) is 0.910. The van der Waals surface area contributed by atoms with Gasteiger partial charge in [-0.15, -0.1) is 0 Å².